The van der Waals surface area contributed by atoms with E-state index in [2.05, 4.69) is 210 Å². The Morgan fingerprint density at radius 3 is 1.56 bits per heavy atom. The molecule has 0 atom stereocenters. The summed E-state index contributed by atoms with van der Waals surface area (Å²) in [4.78, 5) is 0. The van der Waals surface area contributed by atoms with Crippen molar-refractivity contribution in [3.63, 3.8) is 0 Å². The summed E-state index contributed by atoms with van der Waals surface area (Å²) in [5.74, 6) is 0. The van der Waals surface area contributed by atoms with Gasteiger partial charge in [-0.2, -0.15) is 13.2 Å². The Hall–Kier alpha value is -6.19. The average Bonchev–Trinajstić information content (AvgIpc) is 3.49. The van der Waals surface area contributed by atoms with Crippen molar-refractivity contribution in [2.75, 3.05) is 0 Å². The molecule has 0 aliphatic heterocycles. The summed E-state index contributed by atoms with van der Waals surface area (Å²) in [5.41, 5.74) is 20.9. The van der Waals surface area contributed by atoms with Crippen molar-refractivity contribution < 1.29 is 13.2 Å². The van der Waals surface area contributed by atoms with E-state index in [-0.39, 0.29) is 5.41 Å². The topological polar surface area (TPSA) is 0 Å². The summed E-state index contributed by atoms with van der Waals surface area (Å²) in [6.07, 6.45) is -3.08. The number of halogens is 3. The van der Waals surface area contributed by atoms with Crippen molar-refractivity contribution in [2.45, 2.75) is 101 Å². The summed E-state index contributed by atoms with van der Waals surface area (Å²) in [6, 6.07) is 55.3. The number of alkyl halides is 3. The lowest BCUT2D eigenvalue weighted by molar-refractivity contribution is -0.137. The third-order valence-corrected chi connectivity index (χ3v) is 12.3. The van der Waals surface area contributed by atoms with Crippen LogP contribution in [0.5, 0.6) is 0 Å². The third kappa shape index (κ3) is 12.1. The van der Waals surface area contributed by atoms with Gasteiger partial charge in [0.15, 0.2) is 0 Å². The molecule has 0 fully saturated rings. The zero-order chi connectivity index (χ0) is 46.8. The smallest absolute Gasteiger partial charge is 0.166 e. The summed E-state index contributed by atoms with van der Waals surface area (Å²) < 4.78 is 35.9. The molecule has 0 saturated heterocycles. The number of hydrogen-bond acceptors (Lipinski definition) is 0. The standard InChI is InChI=1S/C21H20.C15H16.C9H12.C8H7F3.C8H10/c1-13-9-10-17-18(11-13)21(3,4)19-12-14(2)15-7-5-6-8-16(15)20(17)19;1-11-8-6-10-15(13(11)3)14-9-5-4-7-12(14)2;1-7-4-5-8(2)9(3)6-7;1-6-3-2-4-7(5-6)8(9,10)11;1-2-8-6-4-3-5-7-8/h5-12H,1-4H3;4-10H,1-3H3;4-6H,1-3H3;2-5H,1H3;3-7H,2H2,1H3. The molecular formula is C61H65F3. The molecular weight excluding hydrogens is 790 g/mol. The highest BCUT2D eigenvalue weighted by atomic mass is 19.4. The van der Waals surface area contributed by atoms with E-state index in [0.29, 0.717) is 5.56 Å². The van der Waals surface area contributed by atoms with Crippen LogP contribution in [0.3, 0.4) is 0 Å². The van der Waals surface area contributed by atoms with Gasteiger partial charge in [0, 0.05) is 5.41 Å². The van der Waals surface area contributed by atoms with Crippen LogP contribution < -0.4 is 0 Å². The molecule has 0 unspecified atom stereocenters. The highest BCUT2D eigenvalue weighted by Gasteiger charge is 2.36. The van der Waals surface area contributed by atoms with Crippen LogP contribution in [0.15, 0.2) is 164 Å². The van der Waals surface area contributed by atoms with Crippen LogP contribution in [0.1, 0.15) is 93.1 Å². The largest absolute Gasteiger partial charge is 0.416 e. The quantitative estimate of drug-likeness (QED) is 0.163. The van der Waals surface area contributed by atoms with E-state index in [9.17, 15) is 13.2 Å². The second-order valence-corrected chi connectivity index (χ2v) is 17.7. The zero-order valence-corrected chi connectivity index (χ0v) is 39.9. The van der Waals surface area contributed by atoms with Gasteiger partial charge < -0.3 is 0 Å². The molecule has 0 spiro atoms. The van der Waals surface area contributed by atoms with Gasteiger partial charge in [-0.25, -0.2) is 0 Å². The van der Waals surface area contributed by atoms with E-state index in [1.807, 2.05) is 6.07 Å². The molecule has 9 rings (SSSR count). The highest BCUT2D eigenvalue weighted by Crippen LogP contribution is 2.52. The Bertz CT molecular complexity index is 2800. The molecule has 0 amide bonds. The van der Waals surface area contributed by atoms with Crippen molar-refractivity contribution >= 4 is 10.8 Å². The molecule has 0 nitrogen and oxygen atoms in total. The van der Waals surface area contributed by atoms with E-state index >= 15 is 0 Å². The summed E-state index contributed by atoms with van der Waals surface area (Å²) in [7, 11) is 0. The minimum atomic E-state index is -4.22. The average molecular weight is 855 g/mol. The van der Waals surface area contributed by atoms with Gasteiger partial charge in [-0.1, -0.05) is 195 Å². The maximum atomic E-state index is 12.0. The van der Waals surface area contributed by atoms with Crippen molar-refractivity contribution in [2.24, 2.45) is 0 Å². The van der Waals surface area contributed by atoms with Gasteiger partial charge in [-0.3, -0.25) is 0 Å². The fourth-order valence-electron chi connectivity index (χ4n) is 8.22. The zero-order valence-electron chi connectivity index (χ0n) is 39.9. The van der Waals surface area contributed by atoms with Gasteiger partial charge in [-0.05, 0) is 158 Å². The SMILES string of the molecule is CCc1ccccc1.Cc1ccc(C)c(C)c1.Cc1ccc2c(c1)C(C)(C)c1cc(C)c3ccccc3c1-2.Cc1cccc(C(F)(F)F)c1.Cc1ccccc1-c1cccc(C)c1C. The minimum Gasteiger partial charge on any atom is -0.166 e. The predicted molar refractivity (Wildman–Crippen MR) is 270 cm³/mol. The molecule has 8 aromatic carbocycles. The molecule has 0 heterocycles. The monoisotopic (exact) mass is 855 g/mol. The lowest BCUT2D eigenvalue weighted by Crippen LogP contribution is -2.15. The number of rotatable bonds is 2. The minimum absolute atomic E-state index is 0.0888. The van der Waals surface area contributed by atoms with E-state index in [0.717, 1.165) is 18.6 Å². The molecule has 0 N–H and O–H groups in total. The maximum absolute atomic E-state index is 12.0. The Labute approximate surface area is 381 Å². The van der Waals surface area contributed by atoms with Crippen molar-refractivity contribution in [1.29, 1.82) is 0 Å². The van der Waals surface area contributed by atoms with Gasteiger partial charge >= 0.3 is 6.18 Å². The van der Waals surface area contributed by atoms with E-state index < -0.39 is 11.7 Å². The van der Waals surface area contributed by atoms with Crippen molar-refractivity contribution in [3.05, 3.63) is 236 Å². The van der Waals surface area contributed by atoms with Crippen LogP contribution in [0, 0.1) is 62.3 Å². The first-order chi connectivity index (χ1) is 30.3. The lowest BCUT2D eigenvalue weighted by Gasteiger charge is -2.22. The van der Waals surface area contributed by atoms with Gasteiger partial charge in [0.05, 0.1) is 5.56 Å². The number of hydrogen-bond donors (Lipinski definition) is 0. The lowest BCUT2D eigenvalue weighted by atomic mass is 9.81. The van der Waals surface area contributed by atoms with Gasteiger partial charge in [0.2, 0.25) is 0 Å². The number of aryl methyl sites for hydroxylation is 9. The van der Waals surface area contributed by atoms with Crippen molar-refractivity contribution in [1.82, 2.24) is 0 Å². The first-order valence-corrected chi connectivity index (χ1v) is 22.3. The second kappa shape index (κ2) is 21.5. The van der Waals surface area contributed by atoms with Crippen molar-refractivity contribution in [3.8, 4) is 22.3 Å². The van der Waals surface area contributed by atoms with Gasteiger partial charge in [0.25, 0.3) is 0 Å². The van der Waals surface area contributed by atoms with Crippen LogP contribution in [-0.2, 0) is 18.0 Å². The molecule has 8 aromatic rings. The Kier molecular flexibility index (Phi) is 16.4. The Morgan fingerprint density at radius 2 is 0.969 bits per heavy atom. The summed E-state index contributed by atoms with van der Waals surface area (Å²) in [5, 5.41) is 2.77. The maximum Gasteiger partial charge on any atom is 0.416 e. The molecule has 330 valence electrons. The van der Waals surface area contributed by atoms with Crippen LogP contribution >= 0.6 is 0 Å². The van der Waals surface area contributed by atoms with Crippen LogP contribution in [-0.4, -0.2) is 0 Å². The first kappa shape index (κ1) is 48.8. The Balaban J connectivity index is 0.000000159. The normalized spacial score (nSPS) is 11.9. The molecule has 0 aromatic heterocycles. The molecule has 0 bridgehead atoms. The second-order valence-electron chi connectivity index (χ2n) is 17.7. The predicted octanol–water partition coefficient (Wildman–Crippen LogP) is 17.9. The molecule has 0 radical (unpaired) electrons. The summed E-state index contributed by atoms with van der Waals surface area (Å²) >= 11 is 0. The number of fused-ring (bicyclic) bond motifs is 5. The van der Waals surface area contributed by atoms with Crippen LogP contribution in [0.4, 0.5) is 13.2 Å². The molecule has 1 aliphatic carbocycles. The third-order valence-electron chi connectivity index (χ3n) is 12.3. The molecule has 1 aliphatic rings. The molecule has 3 heteroatoms. The molecule has 0 saturated carbocycles. The first-order valence-electron chi connectivity index (χ1n) is 22.3. The summed E-state index contributed by atoms with van der Waals surface area (Å²) in [6.45, 7) is 25.8. The fourth-order valence-corrected chi connectivity index (χ4v) is 8.22. The highest BCUT2D eigenvalue weighted by molar-refractivity contribution is 6.03. The van der Waals surface area contributed by atoms with Gasteiger partial charge in [0.1, 0.15) is 0 Å². The number of benzene rings is 8. The van der Waals surface area contributed by atoms with Crippen LogP contribution in [0.2, 0.25) is 0 Å². The van der Waals surface area contributed by atoms with Gasteiger partial charge in [-0.15, -0.1) is 0 Å². The molecule has 64 heavy (non-hydrogen) atoms. The van der Waals surface area contributed by atoms with E-state index in [1.165, 1.54) is 100 Å². The van der Waals surface area contributed by atoms with E-state index in [1.54, 1.807) is 13.0 Å². The van der Waals surface area contributed by atoms with Crippen LogP contribution in [0.25, 0.3) is 33.0 Å². The Morgan fingerprint density at radius 1 is 0.406 bits per heavy atom. The van der Waals surface area contributed by atoms with E-state index in [4.69, 9.17) is 0 Å². The fraction of sp³-hybridized carbons (Fsp3) is 0.246.